The summed E-state index contributed by atoms with van der Waals surface area (Å²) in [5.74, 6) is 2.13. The Morgan fingerprint density at radius 3 is 2.29 bits per heavy atom. The molecule has 2 aromatic rings. The molecule has 2 aromatic carbocycles. The van der Waals surface area contributed by atoms with Crippen LogP contribution in [0.1, 0.15) is 10.4 Å². The van der Waals surface area contributed by atoms with Crippen molar-refractivity contribution in [2.75, 3.05) is 11.9 Å². The van der Waals surface area contributed by atoms with Crippen LogP contribution in [0.4, 0.5) is 11.4 Å². The summed E-state index contributed by atoms with van der Waals surface area (Å²) < 4.78 is 0. The Morgan fingerprint density at radius 2 is 1.71 bits per heavy atom. The lowest BCUT2D eigenvalue weighted by atomic mass is 10.1. The van der Waals surface area contributed by atoms with Crippen LogP contribution in [0, 0.1) is 22.1 Å². The number of anilines is 1. The van der Waals surface area contributed by atoms with E-state index in [4.69, 9.17) is 0 Å². The molecule has 104 valence electrons. The van der Waals surface area contributed by atoms with E-state index in [1.807, 2.05) is 30.3 Å². The number of nitrogens with zero attached hydrogens (tertiary/aromatic N) is 2. The molecule has 0 saturated heterocycles. The van der Waals surface area contributed by atoms with Crippen LogP contribution in [0.2, 0.25) is 0 Å². The van der Waals surface area contributed by atoms with E-state index in [9.17, 15) is 14.9 Å². The van der Waals surface area contributed by atoms with Crippen molar-refractivity contribution >= 4 is 17.2 Å². The quantitative estimate of drug-likeness (QED) is 0.285. The average Bonchev–Trinajstić information content (AvgIpc) is 2.53. The fraction of sp³-hybridized carbons (Fsp3) is 0.0625. The number of para-hydroxylation sites is 1. The van der Waals surface area contributed by atoms with E-state index in [1.54, 1.807) is 11.9 Å². The Hall–Kier alpha value is -3.13. The number of carbonyl (C=O) groups is 1. The lowest BCUT2D eigenvalue weighted by molar-refractivity contribution is -0.384. The Balaban J connectivity index is 2.12. The minimum absolute atomic E-state index is 0.0547. The molecule has 0 saturated carbocycles. The highest BCUT2D eigenvalue weighted by atomic mass is 16.6. The summed E-state index contributed by atoms with van der Waals surface area (Å²) in [6, 6.07) is 17.5. The van der Waals surface area contributed by atoms with Gasteiger partial charge in [0.1, 0.15) is 0 Å². The Morgan fingerprint density at radius 1 is 1.10 bits per heavy atom. The zero-order chi connectivity index (χ0) is 15.2. The number of ketones is 1. The van der Waals surface area contributed by atoms with Crippen molar-refractivity contribution in [3.63, 3.8) is 0 Å². The first-order valence-electron chi connectivity index (χ1n) is 6.17. The number of non-ortho nitro benzene ring substituents is 1. The average molecular weight is 280 g/mol. The van der Waals surface area contributed by atoms with Gasteiger partial charge >= 0.3 is 0 Å². The van der Waals surface area contributed by atoms with Crippen molar-refractivity contribution in [3.05, 3.63) is 70.3 Å². The smallest absolute Gasteiger partial charge is 0.269 e. The molecule has 5 heteroatoms. The minimum Gasteiger partial charge on any atom is -0.304 e. The molecule has 0 aliphatic rings. The minimum atomic E-state index is -0.511. The number of nitro benzene ring substituents is 1. The monoisotopic (exact) mass is 280 g/mol. The number of hydrogen-bond acceptors (Lipinski definition) is 4. The van der Waals surface area contributed by atoms with Gasteiger partial charge in [-0.2, -0.15) is 0 Å². The molecule has 0 N–H and O–H groups in total. The molecule has 5 nitrogen and oxygen atoms in total. The summed E-state index contributed by atoms with van der Waals surface area (Å²) in [5.41, 5.74) is 1.15. The normalized spacial score (nSPS) is 9.38. The lowest BCUT2D eigenvalue weighted by Crippen LogP contribution is -2.09. The first kappa shape index (κ1) is 14.3. The van der Waals surface area contributed by atoms with Crippen molar-refractivity contribution in [2.45, 2.75) is 0 Å². The first-order valence-corrected chi connectivity index (χ1v) is 6.17. The number of Topliss-reactive ketones (excluding diaryl/α,β-unsaturated/α-hetero) is 1. The molecule has 0 atom stereocenters. The SMILES string of the molecule is CN(C#CC(=O)c1ccc([N+](=O)[O-])cc1)c1ccccc1. The number of benzene rings is 2. The van der Waals surface area contributed by atoms with Crippen molar-refractivity contribution < 1.29 is 9.72 Å². The van der Waals surface area contributed by atoms with E-state index in [0.29, 0.717) is 5.56 Å². The maximum atomic E-state index is 11.9. The molecular formula is C16H12N2O3. The number of hydrogen-bond donors (Lipinski definition) is 0. The lowest BCUT2D eigenvalue weighted by Gasteiger charge is -2.09. The van der Waals surface area contributed by atoms with Gasteiger partial charge in [-0.15, -0.1) is 0 Å². The molecule has 0 bridgehead atoms. The molecule has 0 aromatic heterocycles. The van der Waals surface area contributed by atoms with Gasteiger partial charge in [-0.05, 0) is 24.3 Å². The van der Waals surface area contributed by atoms with Crippen LogP contribution in [-0.4, -0.2) is 17.8 Å². The Labute approximate surface area is 122 Å². The second-order valence-corrected chi connectivity index (χ2v) is 4.26. The second kappa shape index (κ2) is 6.35. The van der Waals surface area contributed by atoms with Crippen LogP contribution in [0.25, 0.3) is 0 Å². The largest absolute Gasteiger partial charge is 0.304 e. The fourth-order valence-electron chi connectivity index (χ4n) is 1.66. The maximum Gasteiger partial charge on any atom is 0.269 e. The standard InChI is InChI=1S/C16H12N2O3/c1-17(14-5-3-2-4-6-14)12-11-16(19)13-7-9-15(10-8-13)18(20)21/h2-10H,1H3. The van der Waals surface area contributed by atoms with Crippen molar-refractivity contribution in [3.8, 4) is 12.0 Å². The summed E-state index contributed by atoms with van der Waals surface area (Å²) in [5, 5.41) is 10.5. The van der Waals surface area contributed by atoms with Gasteiger partial charge < -0.3 is 4.90 Å². The van der Waals surface area contributed by atoms with Crippen molar-refractivity contribution in [1.82, 2.24) is 0 Å². The van der Waals surface area contributed by atoms with E-state index >= 15 is 0 Å². The van der Waals surface area contributed by atoms with Gasteiger partial charge in [-0.1, -0.05) is 18.2 Å². The van der Waals surface area contributed by atoms with Crippen molar-refractivity contribution in [2.24, 2.45) is 0 Å². The fourth-order valence-corrected chi connectivity index (χ4v) is 1.66. The van der Waals surface area contributed by atoms with Gasteiger partial charge in [-0.25, -0.2) is 0 Å². The zero-order valence-electron chi connectivity index (χ0n) is 11.3. The third-order valence-electron chi connectivity index (χ3n) is 2.82. The molecule has 0 spiro atoms. The number of carbonyl (C=O) groups excluding carboxylic acids is 1. The molecule has 0 unspecified atom stereocenters. The zero-order valence-corrected chi connectivity index (χ0v) is 11.3. The van der Waals surface area contributed by atoms with Gasteiger partial charge in [0.05, 0.1) is 4.92 Å². The van der Waals surface area contributed by atoms with E-state index in [2.05, 4.69) is 12.0 Å². The molecule has 21 heavy (non-hydrogen) atoms. The first-order chi connectivity index (χ1) is 10.1. The molecule has 0 fully saturated rings. The predicted octanol–water partition coefficient (Wildman–Crippen LogP) is 2.87. The van der Waals surface area contributed by atoms with Gasteiger partial charge in [-0.3, -0.25) is 14.9 Å². The van der Waals surface area contributed by atoms with Gasteiger partial charge in [0.2, 0.25) is 5.78 Å². The van der Waals surface area contributed by atoms with E-state index < -0.39 is 4.92 Å². The van der Waals surface area contributed by atoms with E-state index in [-0.39, 0.29) is 11.5 Å². The second-order valence-electron chi connectivity index (χ2n) is 4.26. The predicted molar refractivity (Wildman–Crippen MR) is 80.0 cm³/mol. The highest BCUT2D eigenvalue weighted by Gasteiger charge is 2.07. The summed E-state index contributed by atoms with van der Waals surface area (Å²) in [4.78, 5) is 23.6. The Kier molecular flexibility index (Phi) is 4.32. The molecule has 0 heterocycles. The summed E-state index contributed by atoms with van der Waals surface area (Å²) in [6.45, 7) is 0. The maximum absolute atomic E-state index is 11.9. The molecule has 0 amide bonds. The molecule has 0 aliphatic carbocycles. The Bertz CT molecular complexity index is 713. The van der Waals surface area contributed by atoms with E-state index in [1.165, 1.54) is 24.3 Å². The number of rotatable bonds is 3. The summed E-state index contributed by atoms with van der Waals surface area (Å²) >= 11 is 0. The van der Waals surface area contributed by atoms with Crippen LogP contribution in [-0.2, 0) is 0 Å². The molecule has 0 radical (unpaired) electrons. The highest BCUT2D eigenvalue weighted by molar-refractivity contribution is 6.09. The van der Waals surface area contributed by atoms with E-state index in [0.717, 1.165) is 5.69 Å². The van der Waals surface area contributed by atoms with Crippen LogP contribution >= 0.6 is 0 Å². The van der Waals surface area contributed by atoms with Crippen LogP contribution in [0.5, 0.6) is 0 Å². The third kappa shape index (κ3) is 3.67. The van der Waals surface area contributed by atoms with Gasteiger partial charge in [0.15, 0.2) is 0 Å². The van der Waals surface area contributed by atoms with Crippen LogP contribution in [0.15, 0.2) is 54.6 Å². The van der Waals surface area contributed by atoms with Crippen molar-refractivity contribution in [1.29, 1.82) is 0 Å². The summed E-state index contributed by atoms with van der Waals surface area (Å²) in [7, 11) is 1.76. The molecule has 0 aliphatic heterocycles. The molecular weight excluding hydrogens is 268 g/mol. The molecule has 2 rings (SSSR count). The van der Waals surface area contributed by atoms with Gasteiger partial charge in [0, 0.05) is 42.4 Å². The highest BCUT2D eigenvalue weighted by Crippen LogP contribution is 2.12. The third-order valence-corrected chi connectivity index (χ3v) is 2.82. The van der Waals surface area contributed by atoms with Gasteiger partial charge in [0.25, 0.3) is 5.69 Å². The van der Waals surface area contributed by atoms with Crippen LogP contribution < -0.4 is 4.90 Å². The topological polar surface area (TPSA) is 63.5 Å². The summed E-state index contributed by atoms with van der Waals surface area (Å²) in [6.07, 6.45) is 0. The number of nitro groups is 1. The van der Waals surface area contributed by atoms with Crippen LogP contribution in [0.3, 0.4) is 0 Å².